The fourth-order valence-electron chi connectivity index (χ4n) is 1.51. The van der Waals surface area contributed by atoms with E-state index in [9.17, 15) is 4.39 Å². The Labute approximate surface area is 90.7 Å². The maximum absolute atomic E-state index is 13.8. The van der Waals surface area contributed by atoms with Crippen molar-refractivity contribution in [3.8, 4) is 11.8 Å². The molecule has 1 atom stereocenters. The van der Waals surface area contributed by atoms with Gasteiger partial charge in [-0.25, -0.2) is 4.39 Å². The molecule has 1 rings (SSSR count). The molecular formula is C13H16FN. The Bertz CT molecular complexity index is 387. The van der Waals surface area contributed by atoms with E-state index in [0.717, 1.165) is 0 Å². The highest BCUT2D eigenvalue weighted by Crippen LogP contribution is 2.21. The number of nitrogens with one attached hydrogen (secondary N) is 1. The summed E-state index contributed by atoms with van der Waals surface area (Å²) >= 11 is 0. The first kappa shape index (κ1) is 11.7. The van der Waals surface area contributed by atoms with Crippen LogP contribution in [0.5, 0.6) is 0 Å². The molecule has 0 fully saturated rings. The summed E-state index contributed by atoms with van der Waals surface area (Å²) < 4.78 is 13.8. The molecule has 1 unspecified atom stereocenters. The SMILES string of the molecule is CC#CCC(NC)c1cccc(C)c1F. The smallest absolute Gasteiger partial charge is 0.130 e. The van der Waals surface area contributed by atoms with Crippen LogP contribution in [-0.2, 0) is 0 Å². The molecule has 0 amide bonds. The summed E-state index contributed by atoms with van der Waals surface area (Å²) in [5.74, 6) is 5.66. The van der Waals surface area contributed by atoms with Crippen LogP contribution in [0.4, 0.5) is 4.39 Å². The lowest BCUT2D eigenvalue weighted by Crippen LogP contribution is -2.17. The molecular weight excluding hydrogens is 189 g/mol. The number of hydrogen-bond donors (Lipinski definition) is 1. The highest BCUT2D eigenvalue weighted by molar-refractivity contribution is 5.28. The van der Waals surface area contributed by atoms with E-state index in [-0.39, 0.29) is 11.9 Å². The molecule has 80 valence electrons. The Balaban J connectivity index is 2.99. The Hall–Kier alpha value is -1.33. The second-order valence-corrected chi connectivity index (χ2v) is 3.45. The van der Waals surface area contributed by atoms with Crippen LogP contribution in [0.3, 0.4) is 0 Å². The van der Waals surface area contributed by atoms with Crippen LogP contribution in [0.2, 0.25) is 0 Å². The second kappa shape index (κ2) is 5.53. The first-order valence-electron chi connectivity index (χ1n) is 5.02. The van der Waals surface area contributed by atoms with Crippen LogP contribution in [-0.4, -0.2) is 7.05 Å². The van der Waals surface area contributed by atoms with Crippen LogP contribution in [0.15, 0.2) is 18.2 Å². The van der Waals surface area contributed by atoms with Gasteiger partial charge in [0.2, 0.25) is 0 Å². The largest absolute Gasteiger partial charge is 0.312 e. The van der Waals surface area contributed by atoms with Gasteiger partial charge in [-0.2, -0.15) is 0 Å². The third-order valence-corrected chi connectivity index (χ3v) is 2.43. The Morgan fingerprint density at radius 1 is 1.47 bits per heavy atom. The molecule has 0 radical (unpaired) electrons. The third-order valence-electron chi connectivity index (χ3n) is 2.43. The Morgan fingerprint density at radius 3 is 2.80 bits per heavy atom. The lowest BCUT2D eigenvalue weighted by atomic mass is 10.0. The van der Waals surface area contributed by atoms with E-state index in [2.05, 4.69) is 17.2 Å². The van der Waals surface area contributed by atoms with E-state index in [1.165, 1.54) is 0 Å². The van der Waals surface area contributed by atoms with Crippen molar-refractivity contribution in [2.24, 2.45) is 0 Å². The molecule has 15 heavy (non-hydrogen) atoms. The van der Waals surface area contributed by atoms with Crippen molar-refractivity contribution in [3.63, 3.8) is 0 Å². The molecule has 0 aromatic heterocycles. The van der Waals surface area contributed by atoms with Gasteiger partial charge in [0.05, 0.1) is 0 Å². The molecule has 1 aromatic rings. The summed E-state index contributed by atoms with van der Waals surface area (Å²) in [6, 6.07) is 5.42. The molecule has 0 aliphatic heterocycles. The van der Waals surface area contributed by atoms with Crippen LogP contribution in [0, 0.1) is 24.6 Å². The number of rotatable bonds is 3. The summed E-state index contributed by atoms with van der Waals surface area (Å²) in [5, 5.41) is 3.08. The second-order valence-electron chi connectivity index (χ2n) is 3.45. The van der Waals surface area contributed by atoms with Gasteiger partial charge in [-0.3, -0.25) is 0 Å². The van der Waals surface area contributed by atoms with Gasteiger partial charge in [-0.15, -0.1) is 11.8 Å². The summed E-state index contributed by atoms with van der Waals surface area (Å²) in [6.45, 7) is 3.57. The minimum Gasteiger partial charge on any atom is -0.312 e. The van der Waals surface area contributed by atoms with Crippen LogP contribution >= 0.6 is 0 Å². The van der Waals surface area contributed by atoms with E-state index >= 15 is 0 Å². The Morgan fingerprint density at radius 2 is 2.20 bits per heavy atom. The molecule has 1 aromatic carbocycles. The maximum Gasteiger partial charge on any atom is 0.130 e. The van der Waals surface area contributed by atoms with E-state index in [1.54, 1.807) is 26.0 Å². The number of benzene rings is 1. The standard InChI is InChI=1S/C13H16FN/c1-4-5-9-12(15-3)11-8-6-7-10(2)13(11)14/h6-8,12,15H,9H2,1-3H3. The molecule has 0 heterocycles. The molecule has 1 N–H and O–H groups in total. The average molecular weight is 205 g/mol. The van der Waals surface area contributed by atoms with Crippen molar-refractivity contribution in [2.75, 3.05) is 7.05 Å². The zero-order chi connectivity index (χ0) is 11.3. The lowest BCUT2D eigenvalue weighted by Gasteiger charge is -2.15. The van der Waals surface area contributed by atoms with Gasteiger partial charge in [0.25, 0.3) is 0 Å². The summed E-state index contributed by atoms with van der Waals surface area (Å²) in [7, 11) is 1.82. The molecule has 0 aliphatic rings. The van der Waals surface area contributed by atoms with E-state index in [1.807, 2.05) is 13.1 Å². The van der Waals surface area contributed by atoms with Crippen molar-refractivity contribution >= 4 is 0 Å². The van der Waals surface area contributed by atoms with Crippen LogP contribution in [0.25, 0.3) is 0 Å². The number of halogens is 1. The van der Waals surface area contributed by atoms with Crippen molar-refractivity contribution in [1.29, 1.82) is 0 Å². The lowest BCUT2D eigenvalue weighted by molar-refractivity contribution is 0.539. The predicted molar refractivity (Wildman–Crippen MR) is 61.0 cm³/mol. The van der Waals surface area contributed by atoms with Crippen molar-refractivity contribution in [1.82, 2.24) is 5.32 Å². The van der Waals surface area contributed by atoms with E-state index in [4.69, 9.17) is 0 Å². The third kappa shape index (κ3) is 2.81. The maximum atomic E-state index is 13.8. The molecule has 1 nitrogen and oxygen atoms in total. The van der Waals surface area contributed by atoms with Gasteiger partial charge < -0.3 is 5.32 Å². The van der Waals surface area contributed by atoms with E-state index < -0.39 is 0 Å². The highest BCUT2D eigenvalue weighted by atomic mass is 19.1. The highest BCUT2D eigenvalue weighted by Gasteiger charge is 2.13. The molecule has 0 aliphatic carbocycles. The van der Waals surface area contributed by atoms with Crippen molar-refractivity contribution < 1.29 is 4.39 Å². The average Bonchev–Trinajstić information content (AvgIpc) is 2.25. The first-order chi connectivity index (χ1) is 7.20. The minimum absolute atomic E-state index is 0.0302. The van der Waals surface area contributed by atoms with E-state index in [0.29, 0.717) is 17.5 Å². The number of hydrogen-bond acceptors (Lipinski definition) is 1. The molecule has 0 spiro atoms. The Kier molecular flexibility index (Phi) is 4.33. The zero-order valence-corrected chi connectivity index (χ0v) is 9.39. The molecule has 0 bridgehead atoms. The summed E-state index contributed by atoms with van der Waals surface area (Å²) in [4.78, 5) is 0. The topological polar surface area (TPSA) is 12.0 Å². The normalized spacial score (nSPS) is 11.7. The predicted octanol–water partition coefficient (Wildman–Crippen LogP) is 2.81. The van der Waals surface area contributed by atoms with Gasteiger partial charge >= 0.3 is 0 Å². The molecule has 0 saturated carbocycles. The summed E-state index contributed by atoms with van der Waals surface area (Å²) in [6.07, 6.45) is 0.632. The minimum atomic E-state index is -0.130. The van der Waals surface area contributed by atoms with Gasteiger partial charge in [0.15, 0.2) is 0 Å². The zero-order valence-electron chi connectivity index (χ0n) is 9.39. The van der Waals surface area contributed by atoms with Gasteiger partial charge in [-0.05, 0) is 26.5 Å². The molecule has 2 heteroatoms. The fraction of sp³-hybridized carbons (Fsp3) is 0.385. The van der Waals surface area contributed by atoms with Crippen molar-refractivity contribution in [2.45, 2.75) is 26.3 Å². The summed E-state index contributed by atoms with van der Waals surface area (Å²) in [5.41, 5.74) is 1.37. The quantitative estimate of drug-likeness (QED) is 0.748. The van der Waals surface area contributed by atoms with Crippen LogP contribution < -0.4 is 5.32 Å². The van der Waals surface area contributed by atoms with Gasteiger partial charge in [0.1, 0.15) is 5.82 Å². The monoisotopic (exact) mass is 205 g/mol. The molecule has 0 saturated heterocycles. The first-order valence-corrected chi connectivity index (χ1v) is 5.02. The van der Waals surface area contributed by atoms with Crippen molar-refractivity contribution in [3.05, 3.63) is 35.1 Å². The van der Waals surface area contributed by atoms with Gasteiger partial charge in [0, 0.05) is 18.0 Å². The number of aryl methyl sites for hydroxylation is 1. The fourth-order valence-corrected chi connectivity index (χ4v) is 1.51. The van der Waals surface area contributed by atoms with Crippen LogP contribution in [0.1, 0.15) is 30.5 Å². The van der Waals surface area contributed by atoms with Gasteiger partial charge in [-0.1, -0.05) is 18.2 Å².